The fourth-order valence-electron chi connectivity index (χ4n) is 4.61. The van der Waals surface area contributed by atoms with Gasteiger partial charge in [-0.25, -0.2) is 27.4 Å². The quantitative estimate of drug-likeness (QED) is 0.0901. The summed E-state index contributed by atoms with van der Waals surface area (Å²) >= 11 is 0. The monoisotopic (exact) mass is 698 g/mol. The highest BCUT2D eigenvalue weighted by atomic mass is 32.2. The van der Waals surface area contributed by atoms with E-state index >= 15 is 0 Å². The standard InChI is InChI=1S/C29H33F3N6O9S/c1-4-44-28(40)46-20(3)47-35-38(41)36-15-5-6-21(17-36)18-45-27(39)34-48(42,43)24-13-11-23(12-14-24)37-25(16-26(33-37)29(30,31)32)22-9-7-19(2)8-10-22/h7-14,16,20-21H,4-6,15,17-18H2,1-3H3,(H,34,39). The maximum atomic E-state index is 13.5. The Kier molecular flexibility index (Phi) is 11.3. The van der Waals surface area contributed by atoms with E-state index in [0.717, 1.165) is 28.4 Å². The lowest BCUT2D eigenvalue weighted by Gasteiger charge is -2.28. The lowest BCUT2D eigenvalue weighted by Crippen LogP contribution is -2.42. The number of amides is 1. The molecular weight excluding hydrogens is 665 g/mol. The third-order valence-electron chi connectivity index (χ3n) is 6.94. The Labute approximate surface area is 273 Å². The van der Waals surface area contributed by atoms with Crippen molar-refractivity contribution in [1.29, 1.82) is 0 Å². The van der Waals surface area contributed by atoms with Crippen molar-refractivity contribution >= 4 is 22.3 Å². The van der Waals surface area contributed by atoms with Crippen LogP contribution in [0.2, 0.25) is 0 Å². The maximum absolute atomic E-state index is 13.5. The number of hydrazine groups is 1. The van der Waals surface area contributed by atoms with Crippen LogP contribution in [-0.4, -0.2) is 73.0 Å². The molecule has 3 aromatic rings. The first-order chi connectivity index (χ1) is 22.7. The van der Waals surface area contributed by atoms with Crippen molar-refractivity contribution in [2.24, 2.45) is 11.2 Å². The van der Waals surface area contributed by atoms with Crippen molar-refractivity contribution in [2.75, 3.05) is 26.3 Å². The molecule has 15 nitrogen and oxygen atoms in total. The van der Waals surface area contributed by atoms with Gasteiger partial charge in [-0.3, -0.25) is 4.84 Å². The van der Waals surface area contributed by atoms with Crippen LogP contribution in [-0.2, 0) is 35.2 Å². The van der Waals surface area contributed by atoms with Gasteiger partial charge >= 0.3 is 18.4 Å². The fourth-order valence-corrected chi connectivity index (χ4v) is 5.50. The normalized spacial score (nSPS) is 16.2. The number of carbonyl (C=O) groups is 2. The number of halogens is 3. The summed E-state index contributed by atoms with van der Waals surface area (Å²) in [7, 11) is -4.43. The van der Waals surface area contributed by atoms with E-state index in [0.29, 0.717) is 24.9 Å². The summed E-state index contributed by atoms with van der Waals surface area (Å²) in [5.41, 5.74) is 0.534. The first-order valence-corrected chi connectivity index (χ1v) is 16.1. The van der Waals surface area contributed by atoms with Gasteiger partial charge in [-0.15, -0.1) is 5.01 Å². The molecule has 1 N–H and O–H groups in total. The Morgan fingerprint density at radius 2 is 1.83 bits per heavy atom. The van der Waals surface area contributed by atoms with Gasteiger partial charge in [0, 0.05) is 18.4 Å². The summed E-state index contributed by atoms with van der Waals surface area (Å²) in [4.78, 5) is 28.4. The molecule has 0 saturated carbocycles. The third-order valence-corrected chi connectivity index (χ3v) is 8.26. The van der Waals surface area contributed by atoms with E-state index in [9.17, 15) is 36.4 Å². The van der Waals surface area contributed by atoms with Gasteiger partial charge in [0.2, 0.25) is 5.28 Å². The summed E-state index contributed by atoms with van der Waals surface area (Å²) in [6.45, 7) is 5.01. The van der Waals surface area contributed by atoms with Crippen molar-refractivity contribution in [3.8, 4) is 16.9 Å². The Morgan fingerprint density at radius 3 is 2.48 bits per heavy atom. The molecule has 2 atom stereocenters. The van der Waals surface area contributed by atoms with Crippen molar-refractivity contribution < 1.29 is 55.2 Å². The summed E-state index contributed by atoms with van der Waals surface area (Å²) in [5, 5.41) is 20.6. The number of carbonyl (C=O) groups excluding carboxylic acids is 2. The van der Waals surface area contributed by atoms with Crippen molar-refractivity contribution in [3.05, 3.63) is 71.1 Å². The van der Waals surface area contributed by atoms with Gasteiger partial charge in [-0.05, 0) is 57.0 Å². The average molecular weight is 699 g/mol. The summed E-state index contributed by atoms with van der Waals surface area (Å²) in [5.74, 6) is -0.357. The number of nitrogens with zero attached hydrogens (tertiary/aromatic N) is 5. The van der Waals surface area contributed by atoms with E-state index in [-0.39, 0.29) is 46.9 Å². The van der Waals surface area contributed by atoms with Crippen molar-refractivity contribution in [2.45, 2.75) is 51.0 Å². The highest BCUT2D eigenvalue weighted by Gasteiger charge is 2.35. The number of ether oxygens (including phenoxy) is 3. The minimum atomic E-state index is -4.72. The highest BCUT2D eigenvalue weighted by Crippen LogP contribution is 2.33. The number of nitrogens with one attached hydrogen (secondary N) is 1. The Morgan fingerprint density at radius 1 is 1.15 bits per heavy atom. The molecule has 0 bridgehead atoms. The summed E-state index contributed by atoms with van der Waals surface area (Å²) < 4.78 is 83.6. The highest BCUT2D eigenvalue weighted by molar-refractivity contribution is 7.90. The number of sulfonamides is 1. The Hall–Kier alpha value is -5.07. The second-order valence-electron chi connectivity index (χ2n) is 10.6. The molecule has 2 heterocycles. The minimum Gasteiger partial charge on any atom is -0.569 e. The molecule has 1 aliphatic rings. The van der Waals surface area contributed by atoms with Crippen LogP contribution < -0.4 is 4.72 Å². The predicted octanol–water partition coefficient (Wildman–Crippen LogP) is 5.32. The molecule has 2 unspecified atom stereocenters. The van der Waals surface area contributed by atoms with Gasteiger partial charge < -0.3 is 19.4 Å². The summed E-state index contributed by atoms with van der Waals surface area (Å²) in [6.07, 6.45) is -7.09. The second-order valence-corrected chi connectivity index (χ2v) is 12.3. The minimum absolute atomic E-state index is 0.0884. The lowest BCUT2D eigenvalue weighted by atomic mass is 10.0. The molecule has 1 aliphatic heterocycles. The molecular formula is C29H33F3N6O9S. The maximum Gasteiger partial charge on any atom is 0.511 e. The van der Waals surface area contributed by atoms with Crippen LogP contribution in [0.1, 0.15) is 37.9 Å². The molecule has 19 heteroatoms. The van der Waals surface area contributed by atoms with Crippen LogP contribution >= 0.6 is 0 Å². The third kappa shape index (κ3) is 9.49. The number of rotatable bonds is 11. The molecule has 1 saturated heterocycles. The van der Waals surface area contributed by atoms with Crippen LogP contribution in [0.5, 0.6) is 0 Å². The van der Waals surface area contributed by atoms with E-state index in [4.69, 9.17) is 14.3 Å². The van der Waals surface area contributed by atoms with Gasteiger partial charge in [0.15, 0.2) is 5.69 Å². The van der Waals surface area contributed by atoms with E-state index in [1.54, 1.807) is 35.9 Å². The van der Waals surface area contributed by atoms with Crippen LogP contribution in [0.4, 0.5) is 22.8 Å². The molecule has 4 rings (SSSR count). The zero-order chi connectivity index (χ0) is 35.1. The van der Waals surface area contributed by atoms with E-state index < -0.39 is 40.4 Å². The molecule has 1 amide bonds. The van der Waals surface area contributed by atoms with Crippen molar-refractivity contribution in [3.63, 3.8) is 0 Å². The van der Waals surface area contributed by atoms with Gasteiger partial charge in [-0.2, -0.15) is 18.3 Å². The lowest BCUT2D eigenvalue weighted by molar-refractivity contribution is -0.716. The van der Waals surface area contributed by atoms with Gasteiger partial charge in [0.1, 0.15) is 0 Å². The molecule has 2 aromatic carbocycles. The van der Waals surface area contributed by atoms with E-state index in [1.165, 1.54) is 24.1 Å². The molecule has 48 heavy (non-hydrogen) atoms. The van der Waals surface area contributed by atoms with Gasteiger partial charge in [0.25, 0.3) is 16.3 Å². The number of hydrogen-bond acceptors (Lipinski definition) is 11. The summed E-state index contributed by atoms with van der Waals surface area (Å²) in [6, 6.07) is 12.4. The van der Waals surface area contributed by atoms with Gasteiger partial charge in [0.05, 0.1) is 47.5 Å². The largest absolute Gasteiger partial charge is 0.569 e. The Balaban J connectivity index is 1.35. The number of aryl methyl sites for hydroxylation is 1. The predicted molar refractivity (Wildman–Crippen MR) is 159 cm³/mol. The number of hydrogen-bond donors (Lipinski definition) is 1. The van der Waals surface area contributed by atoms with Crippen LogP contribution in [0.3, 0.4) is 0 Å². The number of alkyl halides is 3. The van der Waals surface area contributed by atoms with E-state index in [2.05, 4.69) is 15.1 Å². The molecule has 260 valence electrons. The van der Waals surface area contributed by atoms with E-state index in [1.807, 2.05) is 6.92 Å². The first kappa shape index (κ1) is 35.8. The second kappa shape index (κ2) is 15.2. The zero-order valence-electron chi connectivity index (χ0n) is 26.0. The number of piperidine rings is 1. The molecule has 1 fully saturated rings. The molecule has 0 aliphatic carbocycles. The van der Waals surface area contributed by atoms with Crippen LogP contribution in [0, 0.1) is 18.0 Å². The van der Waals surface area contributed by atoms with Crippen LogP contribution in [0.15, 0.2) is 64.8 Å². The first-order valence-electron chi connectivity index (χ1n) is 14.6. The smallest absolute Gasteiger partial charge is 0.511 e. The fraction of sp³-hybridized carbons (Fsp3) is 0.414. The SMILES string of the molecule is CCOC(=O)OC(C)ON=[N+]([O-])N1CCCC(COC(=O)NS(=O)(=O)c2ccc(-n3nc(C(F)(F)F)cc3-c3ccc(C)cc3)cc2)C1. The Bertz CT molecular complexity index is 1720. The number of benzene rings is 2. The molecule has 0 radical (unpaired) electrons. The zero-order valence-corrected chi connectivity index (χ0v) is 26.9. The van der Waals surface area contributed by atoms with Gasteiger partial charge in [-0.1, -0.05) is 29.8 Å². The number of aromatic nitrogens is 2. The topological polar surface area (TPSA) is 177 Å². The average Bonchev–Trinajstić information content (AvgIpc) is 3.50. The van der Waals surface area contributed by atoms with Crippen molar-refractivity contribution in [1.82, 2.24) is 19.5 Å². The molecule has 0 spiro atoms. The van der Waals surface area contributed by atoms with Crippen LogP contribution in [0.25, 0.3) is 16.9 Å². The molecule has 1 aromatic heterocycles.